The van der Waals surface area contributed by atoms with Crippen molar-refractivity contribution in [2.45, 2.75) is 19.9 Å². The number of aryl methyl sites for hydroxylation is 2. The van der Waals surface area contributed by atoms with Crippen molar-refractivity contribution in [2.75, 3.05) is 20.8 Å². The van der Waals surface area contributed by atoms with Crippen LogP contribution in [0.2, 0.25) is 0 Å². The van der Waals surface area contributed by atoms with Crippen molar-refractivity contribution in [3.63, 3.8) is 0 Å². The number of hydrogen-bond acceptors (Lipinski definition) is 3. The molecule has 0 spiro atoms. The molecule has 0 radical (unpaired) electrons. The van der Waals surface area contributed by atoms with Crippen molar-refractivity contribution >= 4 is 5.91 Å². The molecular formula is C19H23NO3. The van der Waals surface area contributed by atoms with Gasteiger partial charge in [-0.3, -0.25) is 4.79 Å². The molecule has 0 aliphatic rings. The molecule has 23 heavy (non-hydrogen) atoms. The Morgan fingerprint density at radius 1 is 1.13 bits per heavy atom. The summed E-state index contributed by atoms with van der Waals surface area (Å²) in [7, 11) is 3.32. The summed E-state index contributed by atoms with van der Waals surface area (Å²) in [5, 5.41) is 9.76. The number of carbonyl (C=O) groups excluding carboxylic acids is 1. The second-order valence-corrected chi connectivity index (χ2v) is 5.76. The van der Waals surface area contributed by atoms with Gasteiger partial charge < -0.3 is 14.7 Å². The van der Waals surface area contributed by atoms with Gasteiger partial charge >= 0.3 is 0 Å². The van der Waals surface area contributed by atoms with E-state index in [9.17, 15) is 9.90 Å². The number of hydrogen-bond donors (Lipinski definition) is 1. The summed E-state index contributed by atoms with van der Waals surface area (Å²) in [6.07, 6.45) is 0. The minimum Gasteiger partial charge on any atom is -0.497 e. The lowest BCUT2D eigenvalue weighted by molar-refractivity contribution is 0.0658. The van der Waals surface area contributed by atoms with Crippen molar-refractivity contribution in [1.82, 2.24) is 4.90 Å². The molecule has 1 unspecified atom stereocenters. The van der Waals surface area contributed by atoms with Crippen LogP contribution in [0.5, 0.6) is 5.75 Å². The first-order valence-corrected chi connectivity index (χ1v) is 7.56. The van der Waals surface area contributed by atoms with E-state index in [-0.39, 0.29) is 12.5 Å². The van der Waals surface area contributed by atoms with Crippen LogP contribution in [0.15, 0.2) is 42.5 Å². The maximum Gasteiger partial charge on any atom is 0.254 e. The fourth-order valence-electron chi connectivity index (χ4n) is 2.72. The largest absolute Gasteiger partial charge is 0.497 e. The molecule has 0 aliphatic carbocycles. The molecule has 0 bridgehead atoms. The third-order valence-electron chi connectivity index (χ3n) is 3.93. The van der Waals surface area contributed by atoms with Gasteiger partial charge in [-0.2, -0.15) is 0 Å². The number of amides is 1. The lowest BCUT2D eigenvalue weighted by atomic mass is 10.0. The predicted octanol–water partition coefficient (Wildman–Crippen LogP) is 3.12. The smallest absolute Gasteiger partial charge is 0.254 e. The summed E-state index contributed by atoms with van der Waals surface area (Å²) in [6.45, 7) is 3.80. The lowest BCUT2D eigenvalue weighted by Crippen LogP contribution is -2.33. The van der Waals surface area contributed by atoms with Crippen molar-refractivity contribution < 1.29 is 14.6 Å². The normalized spacial score (nSPS) is 11.9. The van der Waals surface area contributed by atoms with Gasteiger partial charge in [0.25, 0.3) is 5.91 Å². The van der Waals surface area contributed by atoms with Crippen LogP contribution in [-0.4, -0.2) is 36.7 Å². The highest BCUT2D eigenvalue weighted by Gasteiger charge is 2.22. The molecule has 4 heteroatoms. The van der Waals surface area contributed by atoms with Gasteiger partial charge in [0, 0.05) is 12.6 Å². The number of likely N-dealkylation sites (N-methyl/N-ethyl adjacent to an activating group) is 1. The molecule has 4 nitrogen and oxygen atoms in total. The highest BCUT2D eigenvalue weighted by Crippen LogP contribution is 2.24. The molecule has 0 saturated carbocycles. The number of aliphatic hydroxyl groups is 1. The van der Waals surface area contributed by atoms with E-state index in [4.69, 9.17) is 4.74 Å². The minimum absolute atomic E-state index is 0.105. The zero-order chi connectivity index (χ0) is 17.0. The monoisotopic (exact) mass is 313 g/mol. The van der Waals surface area contributed by atoms with Crippen LogP contribution in [0.3, 0.4) is 0 Å². The van der Waals surface area contributed by atoms with Crippen LogP contribution in [0.1, 0.15) is 33.1 Å². The number of benzene rings is 2. The molecule has 0 heterocycles. The Morgan fingerprint density at radius 3 is 2.17 bits per heavy atom. The van der Waals surface area contributed by atoms with Gasteiger partial charge in [0.2, 0.25) is 0 Å². The molecule has 0 saturated heterocycles. The highest BCUT2D eigenvalue weighted by atomic mass is 16.5. The Kier molecular flexibility index (Phi) is 5.40. The zero-order valence-electron chi connectivity index (χ0n) is 14.0. The Labute approximate surface area is 137 Å². The molecule has 1 amide bonds. The molecule has 0 fully saturated rings. The van der Waals surface area contributed by atoms with E-state index in [1.54, 1.807) is 19.1 Å². The van der Waals surface area contributed by atoms with Gasteiger partial charge in [-0.25, -0.2) is 0 Å². The molecule has 2 aromatic carbocycles. The zero-order valence-corrected chi connectivity index (χ0v) is 14.0. The third kappa shape index (κ3) is 3.90. The van der Waals surface area contributed by atoms with Crippen LogP contribution in [-0.2, 0) is 0 Å². The fraction of sp³-hybridized carbons (Fsp3) is 0.316. The first-order chi connectivity index (χ1) is 11.0. The molecule has 122 valence electrons. The van der Waals surface area contributed by atoms with Crippen molar-refractivity contribution in [3.05, 3.63) is 64.7 Å². The topological polar surface area (TPSA) is 49.8 Å². The summed E-state index contributed by atoms with van der Waals surface area (Å²) in [6, 6.07) is 12.8. The first kappa shape index (κ1) is 17.0. The average Bonchev–Trinajstić information content (AvgIpc) is 2.54. The number of methoxy groups -OCH3 is 1. The molecule has 1 N–H and O–H groups in total. The van der Waals surface area contributed by atoms with Crippen LogP contribution >= 0.6 is 0 Å². The van der Waals surface area contributed by atoms with Gasteiger partial charge in [0.15, 0.2) is 0 Å². The Balaban J connectivity index is 2.27. The van der Waals surface area contributed by atoms with Gasteiger partial charge in [-0.1, -0.05) is 29.3 Å². The van der Waals surface area contributed by atoms with E-state index in [0.29, 0.717) is 5.56 Å². The van der Waals surface area contributed by atoms with E-state index >= 15 is 0 Å². The van der Waals surface area contributed by atoms with Gasteiger partial charge in [0.1, 0.15) is 5.75 Å². The molecular weight excluding hydrogens is 290 g/mol. The Hall–Kier alpha value is -2.33. The van der Waals surface area contributed by atoms with Crippen molar-refractivity contribution in [2.24, 2.45) is 0 Å². The minimum atomic E-state index is -0.394. The second kappa shape index (κ2) is 7.29. The van der Waals surface area contributed by atoms with E-state index in [2.05, 4.69) is 0 Å². The number of nitrogens with zero attached hydrogens (tertiary/aromatic N) is 1. The quantitative estimate of drug-likeness (QED) is 0.922. The average molecular weight is 313 g/mol. The Bertz CT molecular complexity index is 659. The summed E-state index contributed by atoms with van der Waals surface area (Å²) in [4.78, 5) is 14.3. The molecule has 0 aliphatic heterocycles. The molecule has 0 aromatic heterocycles. The lowest BCUT2D eigenvalue weighted by Gasteiger charge is -2.27. The predicted molar refractivity (Wildman–Crippen MR) is 90.8 cm³/mol. The summed E-state index contributed by atoms with van der Waals surface area (Å²) >= 11 is 0. The van der Waals surface area contributed by atoms with Crippen LogP contribution in [0.4, 0.5) is 0 Å². The van der Waals surface area contributed by atoms with E-state index < -0.39 is 6.04 Å². The maximum absolute atomic E-state index is 12.7. The Morgan fingerprint density at radius 2 is 1.70 bits per heavy atom. The summed E-state index contributed by atoms with van der Waals surface area (Å²) in [5.41, 5.74) is 3.60. The first-order valence-electron chi connectivity index (χ1n) is 7.56. The number of ether oxygens (including phenoxy) is 1. The van der Waals surface area contributed by atoms with Crippen molar-refractivity contribution in [3.8, 4) is 5.75 Å². The standard InChI is InChI=1S/C19H23NO3/c1-13-9-14(2)11-16(10-13)19(22)20(3)18(12-21)15-5-7-17(23-4)8-6-15/h5-11,18,21H,12H2,1-4H3. The van der Waals surface area contributed by atoms with E-state index in [1.807, 2.05) is 56.3 Å². The molecule has 1 atom stereocenters. The number of aliphatic hydroxyl groups excluding tert-OH is 1. The summed E-state index contributed by atoms with van der Waals surface area (Å²) in [5.74, 6) is 0.639. The van der Waals surface area contributed by atoms with Gasteiger partial charge in [-0.15, -0.1) is 0 Å². The van der Waals surface area contributed by atoms with E-state index in [0.717, 1.165) is 22.4 Å². The second-order valence-electron chi connectivity index (χ2n) is 5.76. The fourth-order valence-corrected chi connectivity index (χ4v) is 2.72. The SMILES string of the molecule is COc1ccc(C(CO)N(C)C(=O)c2cc(C)cc(C)c2)cc1. The van der Waals surface area contributed by atoms with Crippen LogP contribution < -0.4 is 4.74 Å². The van der Waals surface area contributed by atoms with Crippen molar-refractivity contribution in [1.29, 1.82) is 0 Å². The summed E-state index contributed by atoms with van der Waals surface area (Å²) < 4.78 is 5.14. The number of rotatable bonds is 5. The maximum atomic E-state index is 12.7. The van der Waals surface area contributed by atoms with Gasteiger partial charge in [-0.05, 0) is 43.7 Å². The van der Waals surface area contributed by atoms with Gasteiger partial charge in [0.05, 0.1) is 19.8 Å². The van der Waals surface area contributed by atoms with Crippen LogP contribution in [0, 0.1) is 13.8 Å². The van der Waals surface area contributed by atoms with Crippen LogP contribution in [0.25, 0.3) is 0 Å². The number of carbonyl (C=O) groups is 1. The van der Waals surface area contributed by atoms with E-state index in [1.165, 1.54) is 0 Å². The highest BCUT2D eigenvalue weighted by molar-refractivity contribution is 5.94. The molecule has 2 rings (SSSR count). The molecule has 2 aromatic rings. The third-order valence-corrected chi connectivity index (χ3v) is 3.93.